The number of nitrogens with two attached hydrogens (primary N) is 1. The number of hydrogen-bond donors (Lipinski definition) is 1. The largest absolute Gasteiger partial charge is 0.327 e. The normalized spacial score (nSPS) is 13.4. The highest BCUT2D eigenvalue weighted by Gasteiger charge is 2.03. The van der Waals surface area contributed by atoms with Gasteiger partial charge in [0.05, 0.1) is 0 Å². The quantitative estimate of drug-likeness (QED) is 0.633. The standard InChI is InChI=1S/C5H11N5S/c1-4(6)3-11-5-7-8-9-10(5)2/h4H,3,6H2,1-2H3/t4-/m1/s1. The summed E-state index contributed by atoms with van der Waals surface area (Å²) in [6, 6.07) is 0.177. The Bertz CT molecular complexity index is 220. The summed E-state index contributed by atoms with van der Waals surface area (Å²) >= 11 is 1.56. The molecule has 1 heterocycles. The minimum absolute atomic E-state index is 0.177. The van der Waals surface area contributed by atoms with E-state index in [2.05, 4.69) is 15.5 Å². The zero-order valence-corrected chi connectivity index (χ0v) is 7.38. The fourth-order valence-electron chi connectivity index (χ4n) is 0.550. The van der Waals surface area contributed by atoms with Crippen LogP contribution in [0.15, 0.2) is 5.16 Å². The van der Waals surface area contributed by atoms with E-state index in [0.717, 1.165) is 10.9 Å². The van der Waals surface area contributed by atoms with Gasteiger partial charge in [0.25, 0.3) is 0 Å². The Morgan fingerprint density at radius 2 is 2.45 bits per heavy atom. The fraction of sp³-hybridized carbons (Fsp3) is 0.800. The number of thioether (sulfide) groups is 1. The summed E-state index contributed by atoms with van der Waals surface area (Å²) in [5, 5.41) is 11.8. The van der Waals surface area contributed by atoms with Crippen molar-refractivity contribution in [2.24, 2.45) is 12.8 Å². The maximum absolute atomic E-state index is 5.56. The van der Waals surface area contributed by atoms with E-state index in [9.17, 15) is 0 Å². The fourth-order valence-corrected chi connectivity index (χ4v) is 1.28. The van der Waals surface area contributed by atoms with E-state index in [1.54, 1.807) is 16.4 Å². The Morgan fingerprint density at radius 1 is 1.73 bits per heavy atom. The maximum Gasteiger partial charge on any atom is 0.209 e. The van der Waals surface area contributed by atoms with Crippen molar-refractivity contribution in [2.75, 3.05) is 5.75 Å². The first-order valence-electron chi connectivity index (χ1n) is 3.31. The molecule has 1 aromatic heterocycles. The molecule has 6 heteroatoms. The molecule has 0 unspecified atom stereocenters. The summed E-state index contributed by atoms with van der Waals surface area (Å²) in [5.41, 5.74) is 5.56. The summed E-state index contributed by atoms with van der Waals surface area (Å²) in [4.78, 5) is 0. The molecule has 1 atom stereocenters. The lowest BCUT2D eigenvalue weighted by Crippen LogP contribution is -2.17. The second-order valence-electron chi connectivity index (χ2n) is 2.37. The summed E-state index contributed by atoms with van der Waals surface area (Å²) in [6.45, 7) is 1.96. The minimum Gasteiger partial charge on any atom is -0.327 e. The van der Waals surface area contributed by atoms with Gasteiger partial charge in [0.1, 0.15) is 0 Å². The van der Waals surface area contributed by atoms with E-state index in [0.29, 0.717) is 0 Å². The summed E-state index contributed by atoms with van der Waals surface area (Å²) in [5.74, 6) is 0.841. The Kier molecular flexibility index (Phi) is 2.84. The molecule has 11 heavy (non-hydrogen) atoms. The third-order valence-corrected chi connectivity index (χ3v) is 2.35. The van der Waals surface area contributed by atoms with Gasteiger partial charge in [0.2, 0.25) is 5.16 Å². The van der Waals surface area contributed by atoms with Crippen LogP contribution in [0.3, 0.4) is 0 Å². The Hall–Kier alpha value is -0.620. The number of nitrogens with zero attached hydrogens (tertiary/aromatic N) is 4. The molecule has 0 aliphatic carbocycles. The van der Waals surface area contributed by atoms with Gasteiger partial charge in [0.15, 0.2) is 0 Å². The zero-order chi connectivity index (χ0) is 8.27. The van der Waals surface area contributed by atoms with Crippen LogP contribution in [-0.2, 0) is 7.05 Å². The van der Waals surface area contributed by atoms with Gasteiger partial charge < -0.3 is 5.73 Å². The minimum atomic E-state index is 0.177. The summed E-state index contributed by atoms with van der Waals surface area (Å²) in [7, 11) is 1.81. The van der Waals surface area contributed by atoms with E-state index in [4.69, 9.17) is 5.73 Å². The Morgan fingerprint density at radius 3 is 2.91 bits per heavy atom. The van der Waals surface area contributed by atoms with E-state index in [-0.39, 0.29) is 6.04 Å². The molecule has 0 bridgehead atoms. The highest BCUT2D eigenvalue weighted by atomic mass is 32.2. The molecular formula is C5H11N5S. The first-order valence-corrected chi connectivity index (χ1v) is 4.29. The van der Waals surface area contributed by atoms with Crippen molar-refractivity contribution in [1.29, 1.82) is 0 Å². The third kappa shape index (κ3) is 2.47. The van der Waals surface area contributed by atoms with Crippen molar-refractivity contribution in [1.82, 2.24) is 20.2 Å². The molecule has 0 aliphatic heterocycles. The van der Waals surface area contributed by atoms with E-state index < -0.39 is 0 Å². The van der Waals surface area contributed by atoms with Crippen LogP contribution in [0, 0.1) is 0 Å². The molecule has 0 radical (unpaired) electrons. The van der Waals surface area contributed by atoms with Crippen molar-refractivity contribution >= 4 is 11.8 Å². The molecule has 0 fully saturated rings. The molecule has 1 rings (SSSR count). The highest BCUT2D eigenvalue weighted by Crippen LogP contribution is 2.12. The number of aromatic nitrogens is 4. The lowest BCUT2D eigenvalue weighted by atomic mass is 10.4. The average Bonchev–Trinajstić information content (AvgIpc) is 2.31. The topological polar surface area (TPSA) is 69.6 Å². The molecule has 0 aromatic carbocycles. The van der Waals surface area contributed by atoms with E-state index in [1.807, 2.05) is 14.0 Å². The molecule has 0 aliphatic rings. The first-order chi connectivity index (χ1) is 5.20. The molecule has 62 valence electrons. The monoisotopic (exact) mass is 173 g/mol. The van der Waals surface area contributed by atoms with Gasteiger partial charge in [-0.25, -0.2) is 4.68 Å². The molecule has 0 amide bonds. The van der Waals surface area contributed by atoms with Gasteiger partial charge in [-0.05, 0) is 17.4 Å². The van der Waals surface area contributed by atoms with Crippen molar-refractivity contribution in [3.05, 3.63) is 0 Å². The summed E-state index contributed by atoms with van der Waals surface area (Å²) < 4.78 is 1.63. The van der Waals surface area contributed by atoms with Crippen LogP contribution >= 0.6 is 11.8 Å². The van der Waals surface area contributed by atoms with Crippen LogP contribution in [-0.4, -0.2) is 32.0 Å². The first kappa shape index (κ1) is 8.48. The highest BCUT2D eigenvalue weighted by molar-refractivity contribution is 7.99. The van der Waals surface area contributed by atoms with Crippen LogP contribution in [0.1, 0.15) is 6.92 Å². The van der Waals surface area contributed by atoms with Crippen molar-refractivity contribution < 1.29 is 0 Å². The molecule has 5 nitrogen and oxygen atoms in total. The molecule has 0 spiro atoms. The molecule has 0 saturated heterocycles. The van der Waals surface area contributed by atoms with Crippen molar-refractivity contribution in [3.8, 4) is 0 Å². The van der Waals surface area contributed by atoms with E-state index in [1.165, 1.54) is 0 Å². The van der Waals surface area contributed by atoms with Gasteiger partial charge in [-0.1, -0.05) is 11.8 Å². The van der Waals surface area contributed by atoms with Crippen molar-refractivity contribution in [2.45, 2.75) is 18.1 Å². The lowest BCUT2D eigenvalue weighted by Gasteiger charge is -2.01. The number of rotatable bonds is 3. The second kappa shape index (κ2) is 3.68. The lowest BCUT2D eigenvalue weighted by molar-refractivity contribution is 0.664. The van der Waals surface area contributed by atoms with Gasteiger partial charge in [-0.2, -0.15) is 0 Å². The van der Waals surface area contributed by atoms with Gasteiger partial charge >= 0.3 is 0 Å². The van der Waals surface area contributed by atoms with Gasteiger partial charge in [-0.3, -0.25) is 0 Å². The Labute approximate surface area is 69.3 Å². The van der Waals surface area contributed by atoms with Gasteiger partial charge in [-0.15, -0.1) is 5.10 Å². The van der Waals surface area contributed by atoms with E-state index >= 15 is 0 Å². The number of aryl methyl sites for hydroxylation is 1. The second-order valence-corrected chi connectivity index (χ2v) is 3.36. The Balaban J connectivity index is 2.44. The molecule has 0 saturated carbocycles. The molecule has 2 N–H and O–H groups in total. The molecular weight excluding hydrogens is 162 g/mol. The smallest absolute Gasteiger partial charge is 0.209 e. The zero-order valence-electron chi connectivity index (χ0n) is 6.56. The maximum atomic E-state index is 5.56. The molecule has 1 aromatic rings. The average molecular weight is 173 g/mol. The summed E-state index contributed by atoms with van der Waals surface area (Å²) in [6.07, 6.45) is 0. The van der Waals surface area contributed by atoms with Crippen LogP contribution in [0.5, 0.6) is 0 Å². The van der Waals surface area contributed by atoms with Crippen LogP contribution in [0.4, 0.5) is 0 Å². The van der Waals surface area contributed by atoms with Crippen LogP contribution in [0.25, 0.3) is 0 Å². The third-order valence-electron chi connectivity index (χ3n) is 1.06. The number of hydrogen-bond acceptors (Lipinski definition) is 5. The van der Waals surface area contributed by atoms with Gasteiger partial charge in [0, 0.05) is 18.8 Å². The predicted molar refractivity (Wildman–Crippen MR) is 43.2 cm³/mol. The number of tetrazole rings is 1. The SMILES string of the molecule is C[C@@H](N)CSc1nnnn1C. The van der Waals surface area contributed by atoms with Crippen LogP contribution in [0.2, 0.25) is 0 Å². The van der Waals surface area contributed by atoms with Crippen molar-refractivity contribution in [3.63, 3.8) is 0 Å². The predicted octanol–water partition coefficient (Wildman–Crippen LogP) is -0.351. The van der Waals surface area contributed by atoms with Crippen LogP contribution < -0.4 is 5.73 Å².